The fourth-order valence-electron chi connectivity index (χ4n) is 3.39. The molecular formula is C23H23N5O3. The van der Waals surface area contributed by atoms with E-state index in [0.29, 0.717) is 36.7 Å². The highest BCUT2D eigenvalue weighted by atomic mass is 16.5. The molecule has 0 fully saturated rings. The van der Waals surface area contributed by atoms with E-state index in [0.717, 1.165) is 16.9 Å². The second-order valence-corrected chi connectivity index (χ2v) is 7.16. The van der Waals surface area contributed by atoms with E-state index in [1.807, 2.05) is 47.0 Å². The van der Waals surface area contributed by atoms with Crippen LogP contribution in [0.4, 0.5) is 5.82 Å². The van der Waals surface area contributed by atoms with E-state index >= 15 is 0 Å². The molecule has 2 amide bonds. The number of carbonyl (C=O) groups excluding carboxylic acids is 2. The van der Waals surface area contributed by atoms with Gasteiger partial charge in [-0.05, 0) is 31.2 Å². The summed E-state index contributed by atoms with van der Waals surface area (Å²) in [7, 11) is 0. The number of imidazole rings is 1. The van der Waals surface area contributed by atoms with Crippen LogP contribution in [0.5, 0.6) is 0 Å². The molecule has 8 nitrogen and oxygen atoms in total. The van der Waals surface area contributed by atoms with Gasteiger partial charge >= 0.3 is 0 Å². The molecule has 0 unspecified atom stereocenters. The van der Waals surface area contributed by atoms with Crippen LogP contribution < -0.4 is 10.6 Å². The Kier molecular flexibility index (Phi) is 6.07. The first-order chi connectivity index (χ1) is 15.1. The van der Waals surface area contributed by atoms with Crippen molar-refractivity contribution in [3.63, 3.8) is 0 Å². The Bertz CT molecular complexity index is 1200. The second-order valence-electron chi connectivity index (χ2n) is 7.16. The van der Waals surface area contributed by atoms with Gasteiger partial charge in [0.15, 0.2) is 5.82 Å². The number of nitrogens with one attached hydrogen (secondary N) is 2. The van der Waals surface area contributed by atoms with Gasteiger partial charge in [0.05, 0.1) is 11.0 Å². The number of benzene rings is 2. The molecule has 2 heterocycles. The Balaban J connectivity index is 1.41. The molecule has 4 rings (SSSR count). The maximum atomic E-state index is 12.3. The Morgan fingerprint density at radius 1 is 1.06 bits per heavy atom. The topological polar surface area (TPSA) is 102 Å². The summed E-state index contributed by atoms with van der Waals surface area (Å²) in [5.41, 5.74) is 2.44. The van der Waals surface area contributed by atoms with E-state index in [-0.39, 0.29) is 18.2 Å². The minimum absolute atomic E-state index is 0.120. The number of hydrogen-bond acceptors (Lipinski definition) is 5. The van der Waals surface area contributed by atoms with Crippen molar-refractivity contribution in [1.82, 2.24) is 20.0 Å². The largest absolute Gasteiger partial charge is 0.360 e. The number of carbonyl (C=O) groups is 2. The van der Waals surface area contributed by atoms with Crippen LogP contribution in [-0.4, -0.2) is 33.1 Å². The number of anilines is 1. The summed E-state index contributed by atoms with van der Waals surface area (Å²) in [4.78, 5) is 29.3. The molecule has 2 N–H and O–H groups in total. The van der Waals surface area contributed by atoms with E-state index in [1.165, 1.54) is 0 Å². The molecule has 8 heteroatoms. The number of fused-ring (bicyclic) bond motifs is 1. The fraction of sp³-hybridized carbons (Fsp3) is 0.217. The minimum atomic E-state index is -0.158. The van der Waals surface area contributed by atoms with Crippen molar-refractivity contribution in [3.8, 4) is 0 Å². The minimum Gasteiger partial charge on any atom is -0.360 e. The van der Waals surface area contributed by atoms with E-state index < -0.39 is 0 Å². The van der Waals surface area contributed by atoms with E-state index in [1.54, 1.807) is 25.1 Å². The number of hydrogen-bond donors (Lipinski definition) is 2. The monoisotopic (exact) mass is 417 g/mol. The molecule has 4 aromatic rings. The van der Waals surface area contributed by atoms with Crippen molar-refractivity contribution < 1.29 is 14.1 Å². The summed E-state index contributed by atoms with van der Waals surface area (Å²) < 4.78 is 7.00. The summed E-state index contributed by atoms with van der Waals surface area (Å²) in [6, 6.07) is 18.6. The Morgan fingerprint density at radius 2 is 1.84 bits per heavy atom. The van der Waals surface area contributed by atoms with Gasteiger partial charge in [0, 0.05) is 37.6 Å². The predicted octanol–water partition coefficient (Wildman–Crippen LogP) is 3.33. The van der Waals surface area contributed by atoms with Crippen LogP contribution in [0.25, 0.3) is 11.0 Å². The summed E-state index contributed by atoms with van der Waals surface area (Å²) in [6.45, 7) is 2.68. The first kappa shape index (κ1) is 20.3. The highest BCUT2D eigenvalue weighted by Crippen LogP contribution is 2.17. The molecule has 0 aliphatic heterocycles. The number of aryl methyl sites for hydroxylation is 2. The smallest absolute Gasteiger partial charge is 0.251 e. The molecule has 2 aromatic carbocycles. The molecule has 0 aliphatic carbocycles. The van der Waals surface area contributed by atoms with Gasteiger partial charge in [-0.3, -0.25) is 9.59 Å². The van der Waals surface area contributed by atoms with Gasteiger partial charge in [-0.2, -0.15) is 0 Å². The average molecular weight is 417 g/mol. The number of amides is 2. The third kappa shape index (κ3) is 4.98. The highest BCUT2D eigenvalue weighted by Gasteiger charge is 2.13. The molecule has 0 aliphatic rings. The zero-order valence-corrected chi connectivity index (χ0v) is 17.2. The second kappa shape index (κ2) is 9.25. The van der Waals surface area contributed by atoms with Gasteiger partial charge in [-0.1, -0.05) is 35.5 Å². The summed E-state index contributed by atoms with van der Waals surface area (Å²) >= 11 is 0. The maximum absolute atomic E-state index is 12.3. The first-order valence-corrected chi connectivity index (χ1v) is 10.1. The third-order valence-corrected chi connectivity index (χ3v) is 4.86. The molecule has 158 valence electrons. The SMILES string of the molecule is Cc1cc(NC(=O)CCn2c(CCNC(=O)c3ccccc3)nc3ccccc32)no1. The zero-order valence-electron chi connectivity index (χ0n) is 17.2. The quantitative estimate of drug-likeness (QED) is 0.458. The first-order valence-electron chi connectivity index (χ1n) is 10.1. The molecule has 0 saturated carbocycles. The van der Waals surface area contributed by atoms with Crippen LogP contribution in [0, 0.1) is 6.92 Å². The van der Waals surface area contributed by atoms with Gasteiger partial charge in [0.25, 0.3) is 5.91 Å². The van der Waals surface area contributed by atoms with Crippen molar-refractivity contribution in [2.45, 2.75) is 26.3 Å². The van der Waals surface area contributed by atoms with Crippen LogP contribution in [0.1, 0.15) is 28.4 Å². The van der Waals surface area contributed by atoms with Gasteiger partial charge in [-0.25, -0.2) is 4.98 Å². The Morgan fingerprint density at radius 3 is 2.61 bits per heavy atom. The van der Waals surface area contributed by atoms with E-state index in [2.05, 4.69) is 15.8 Å². The maximum Gasteiger partial charge on any atom is 0.251 e. The lowest BCUT2D eigenvalue weighted by Gasteiger charge is -2.10. The van der Waals surface area contributed by atoms with Crippen LogP contribution in [0.3, 0.4) is 0 Å². The number of para-hydroxylation sites is 2. The molecule has 0 spiro atoms. The lowest BCUT2D eigenvalue weighted by Crippen LogP contribution is -2.26. The highest BCUT2D eigenvalue weighted by molar-refractivity contribution is 5.94. The lowest BCUT2D eigenvalue weighted by molar-refractivity contribution is -0.116. The van der Waals surface area contributed by atoms with Gasteiger partial charge < -0.3 is 19.7 Å². The van der Waals surface area contributed by atoms with Gasteiger partial charge in [0.1, 0.15) is 11.6 Å². The van der Waals surface area contributed by atoms with Crippen molar-refractivity contribution in [2.75, 3.05) is 11.9 Å². The van der Waals surface area contributed by atoms with Crippen molar-refractivity contribution >= 4 is 28.7 Å². The predicted molar refractivity (Wildman–Crippen MR) is 117 cm³/mol. The Labute approximate surface area is 179 Å². The molecule has 0 atom stereocenters. The third-order valence-electron chi connectivity index (χ3n) is 4.86. The molecule has 2 aromatic heterocycles. The number of nitrogens with zero attached hydrogens (tertiary/aromatic N) is 3. The van der Waals surface area contributed by atoms with Crippen LogP contribution >= 0.6 is 0 Å². The molecular weight excluding hydrogens is 394 g/mol. The van der Waals surface area contributed by atoms with Crippen molar-refractivity contribution in [1.29, 1.82) is 0 Å². The fourth-order valence-corrected chi connectivity index (χ4v) is 3.39. The molecule has 0 bridgehead atoms. The lowest BCUT2D eigenvalue weighted by atomic mass is 10.2. The zero-order chi connectivity index (χ0) is 21.6. The summed E-state index contributed by atoms with van der Waals surface area (Å²) in [6.07, 6.45) is 0.812. The number of aromatic nitrogens is 3. The van der Waals surface area contributed by atoms with E-state index in [9.17, 15) is 9.59 Å². The normalized spacial score (nSPS) is 10.9. The standard InChI is InChI=1S/C23H23N5O3/c1-16-15-20(27-31-16)26-22(29)12-14-28-19-10-6-5-9-18(19)25-21(28)11-13-24-23(30)17-7-3-2-4-8-17/h2-10,15H,11-14H2,1H3,(H,24,30)(H,26,27,29). The van der Waals surface area contributed by atoms with Gasteiger partial charge in [0.2, 0.25) is 5.91 Å². The van der Waals surface area contributed by atoms with Crippen molar-refractivity contribution in [2.24, 2.45) is 0 Å². The average Bonchev–Trinajstić information content (AvgIpc) is 3.35. The van der Waals surface area contributed by atoms with Crippen LogP contribution in [0.2, 0.25) is 0 Å². The molecule has 31 heavy (non-hydrogen) atoms. The summed E-state index contributed by atoms with van der Waals surface area (Å²) in [5, 5.41) is 9.45. The van der Waals surface area contributed by atoms with E-state index in [4.69, 9.17) is 9.51 Å². The van der Waals surface area contributed by atoms with Crippen LogP contribution in [-0.2, 0) is 17.8 Å². The summed E-state index contributed by atoms with van der Waals surface area (Å²) in [5.74, 6) is 1.58. The van der Waals surface area contributed by atoms with Crippen LogP contribution in [0.15, 0.2) is 65.2 Å². The van der Waals surface area contributed by atoms with Gasteiger partial charge in [-0.15, -0.1) is 0 Å². The molecule has 0 saturated heterocycles. The molecule has 0 radical (unpaired) electrons. The van der Waals surface area contributed by atoms with Crippen molar-refractivity contribution in [3.05, 3.63) is 77.8 Å². The Hall–Kier alpha value is -3.94. The number of rotatable bonds is 8.